The van der Waals surface area contributed by atoms with Crippen LogP contribution >= 0.6 is 0 Å². The van der Waals surface area contributed by atoms with E-state index in [1.165, 1.54) is 33.2 Å². The van der Waals surface area contributed by atoms with Gasteiger partial charge in [0.2, 0.25) is 0 Å². The van der Waals surface area contributed by atoms with Gasteiger partial charge in [-0.25, -0.2) is 0 Å². The fourth-order valence-electron chi connectivity index (χ4n) is 2.76. The average molecular weight is 285 g/mol. The Hall–Kier alpha value is -0.650. The van der Waals surface area contributed by atoms with Gasteiger partial charge in [-0.3, -0.25) is 4.79 Å². The molecular formula is C15H31N3O2. The maximum absolute atomic E-state index is 11.8. The van der Waals surface area contributed by atoms with Crippen molar-refractivity contribution in [3.8, 4) is 0 Å². The molecule has 0 spiro atoms. The van der Waals surface area contributed by atoms with E-state index in [2.05, 4.69) is 22.0 Å². The van der Waals surface area contributed by atoms with E-state index in [9.17, 15) is 4.79 Å². The van der Waals surface area contributed by atoms with Crippen molar-refractivity contribution >= 4 is 5.97 Å². The first-order chi connectivity index (χ1) is 9.55. The Bertz CT molecular complexity index is 291. The predicted octanol–water partition coefficient (Wildman–Crippen LogP) is 0.945. The Balaban J connectivity index is 2.26. The summed E-state index contributed by atoms with van der Waals surface area (Å²) in [6.07, 6.45) is 3.06. The van der Waals surface area contributed by atoms with Crippen LogP contribution in [0.1, 0.15) is 33.1 Å². The number of rotatable bonds is 8. The molecule has 1 unspecified atom stereocenters. The molecule has 1 heterocycles. The molecule has 1 aliphatic heterocycles. The molecule has 1 atom stereocenters. The lowest BCUT2D eigenvalue weighted by molar-refractivity contribution is -0.148. The number of likely N-dealkylation sites (N-methyl/N-ethyl adjacent to an activating group) is 1. The summed E-state index contributed by atoms with van der Waals surface area (Å²) >= 11 is 0. The largest absolute Gasteiger partial charge is 0.468 e. The van der Waals surface area contributed by atoms with Gasteiger partial charge in [-0.2, -0.15) is 0 Å². The van der Waals surface area contributed by atoms with Gasteiger partial charge in [-0.05, 0) is 46.3 Å². The second kappa shape index (κ2) is 8.60. The van der Waals surface area contributed by atoms with Crippen molar-refractivity contribution < 1.29 is 9.53 Å². The molecule has 5 heteroatoms. The van der Waals surface area contributed by atoms with Crippen molar-refractivity contribution in [2.24, 2.45) is 0 Å². The Kier molecular flexibility index (Phi) is 7.48. The van der Waals surface area contributed by atoms with Crippen molar-refractivity contribution in [1.82, 2.24) is 15.1 Å². The molecule has 0 aromatic carbocycles. The van der Waals surface area contributed by atoms with Gasteiger partial charge in [0.15, 0.2) is 0 Å². The zero-order valence-corrected chi connectivity index (χ0v) is 13.6. The summed E-state index contributed by atoms with van der Waals surface area (Å²) in [7, 11) is 3.27. The van der Waals surface area contributed by atoms with Crippen molar-refractivity contribution in [3.63, 3.8) is 0 Å². The number of piperazine rings is 1. The first-order valence-electron chi connectivity index (χ1n) is 7.77. The maximum Gasteiger partial charge on any atom is 0.325 e. The van der Waals surface area contributed by atoms with E-state index >= 15 is 0 Å². The molecule has 0 aromatic heterocycles. The second-order valence-electron chi connectivity index (χ2n) is 5.86. The monoisotopic (exact) mass is 285 g/mol. The fourth-order valence-corrected chi connectivity index (χ4v) is 2.76. The first kappa shape index (κ1) is 17.4. The minimum absolute atomic E-state index is 0.173. The van der Waals surface area contributed by atoms with Crippen molar-refractivity contribution in [2.75, 3.05) is 53.4 Å². The van der Waals surface area contributed by atoms with Crippen LogP contribution in [0.2, 0.25) is 0 Å². The maximum atomic E-state index is 11.8. The third-order valence-corrected chi connectivity index (χ3v) is 4.34. The first-order valence-corrected chi connectivity index (χ1v) is 7.77. The van der Waals surface area contributed by atoms with Crippen LogP contribution in [0.3, 0.4) is 0 Å². The van der Waals surface area contributed by atoms with Crippen LogP contribution < -0.4 is 5.32 Å². The highest BCUT2D eigenvalue weighted by Crippen LogP contribution is 2.15. The van der Waals surface area contributed by atoms with Crippen molar-refractivity contribution in [1.29, 1.82) is 0 Å². The van der Waals surface area contributed by atoms with E-state index in [1.807, 2.05) is 14.0 Å². The standard InChI is InChI=1S/C15H31N3O2/c1-5-8-17-10-12-18(13-11-17)9-6-7-15(2,16-3)14(19)20-4/h16H,5-13H2,1-4H3. The number of esters is 1. The third kappa shape index (κ3) is 5.04. The summed E-state index contributed by atoms with van der Waals surface area (Å²) in [5.41, 5.74) is -0.557. The molecule has 0 radical (unpaired) electrons. The third-order valence-electron chi connectivity index (χ3n) is 4.34. The van der Waals surface area contributed by atoms with Crippen LogP contribution in [0.4, 0.5) is 0 Å². The summed E-state index contributed by atoms with van der Waals surface area (Å²) in [4.78, 5) is 16.8. The molecule has 1 saturated heterocycles. The Morgan fingerprint density at radius 3 is 2.20 bits per heavy atom. The number of nitrogens with one attached hydrogen (secondary N) is 1. The summed E-state index contributed by atoms with van der Waals surface area (Å²) in [5, 5.41) is 3.09. The van der Waals surface area contributed by atoms with E-state index in [4.69, 9.17) is 4.74 Å². The lowest BCUT2D eigenvalue weighted by Gasteiger charge is -2.35. The Labute approximate surface area is 123 Å². The number of carbonyl (C=O) groups is 1. The molecule has 1 aliphatic rings. The van der Waals surface area contributed by atoms with Crippen LogP contribution in [-0.4, -0.2) is 74.7 Å². The molecule has 5 nitrogen and oxygen atoms in total. The van der Waals surface area contributed by atoms with E-state index in [-0.39, 0.29) is 5.97 Å². The van der Waals surface area contributed by atoms with Gasteiger partial charge in [-0.15, -0.1) is 0 Å². The number of nitrogens with zero attached hydrogens (tertiary/aromatic N) is 2. The van der Waals surface area contributed by atoms with Crippen molar-refractivity contribution in [3.05, 3.63) is 0 Å². The highest BCUT2D eigenvalue weighted by molar-refractivity contribution is 5.80. The van der Waals surface area contributed by atoms with Gasteiger partial charge >= 0.3 is 5.97 Å². The van der Waals surface area contributed by atoms with Crippen LogP contribution in [0.15, 0.2) is 0 Å². The van der Waals surface area contributed by atoms with Crippen LogP contribution in [-0.2, 0) is 9.53 Å². The molecule has 1 N–H and O–H groups in total. The Morgan fingerprint density at radius 2 is 1.75 bits per heavy atom. The highest BCUT2D eigenvalue weighted by atomic mass is 16.5. The summed E-state index contributed by atoms with van der Waals surface area (Å²) in [6, 6.07) is 0. The van der Waals surface area contributed by atoms with Gasteiger partial charge in [0.05, 0.1) is 7.11 Å². The van der Waals surface area contributed by atoms with E-state index < -0.39 is 5.54 Å². The molecule has 0 bridgehead atoms. The quantitative estimate of drug-likeness (QED) is 0.673. The second-order valence-corrected chi connectivity index (χ2v) is 5.86. The molecule has 118 valence electrons. The number of hydrogen-bond acceptors (Lipinski definition) is 5. The highest BCUT2D eigenvalue weighted by Gasteiger charge is 2.32. The van der Waals surface area contributed by atoms with Crippen molar-refractivity contribution in [2.45, 2.75) is 38.6 Å². The average Bonchev–Trinajstić information content (AvgIpc) is 2.48. The minimum atomic E-state index is -0.557. The van der Waals surface area contributed by atoms with Gasteiger partial charge in [-0.1, -0.05) is 6.92 Å². The molecule has 0 saturated carbocycles. The van der Waals surface area contributed by atoms with Gasteiger partial charge in [0.1, 0.15) is 5.54 Å². The summed E-state index contributed by atoms with van der Waals surface area (Å²) in [6.45, 7) is 11.1. The number of ether oxygens (including phenoxy) is 1. The summed E-state index contributed by atoms with van der Waals surface area (Å²) in [5.74, 6) is -0.173. The number of hydrogen-bond donors (Lipinski definition) is 1. The molecule has 0 aromatic rings. The lowest BCUT2D eigenvalue weighted by atomic mass is 9.96. The van der Waals surface area contributed by atoms with Crippen LogP contribution in [0, 0.1) is 0 Å². The Morgan fingerprint density at radius 1 is 1.20 bits per heavy atom. The van der Waals surface area contributed by atoms with E-state index in [0.29, 0.717) is 0 Å². The molecule has 1 fully saturated rings. The summed E-state index contributed by atoms with van der Waals surface area (Å²) < 4.78 is 4.87. The van der Waals surface area contributed by atoms with Gasteiger partial charge in [0, 0.05) is 26.2 Å². The molecule has 20 heavy (non-hydrogen) atoms. The zero-order valence-electron chi connectivity index (χ0n) is 13.6. The fraction of sp³-hybridized carbons (Fsp3) is 0.933. The smallest absolute Gasteiger partial charge is 0.325 e. The lowest BCUT2D eigenvalue weighted by Crippen LogP contribution is -2.50. The van der Waals surface area contributed by atoms with Gasteiger partial charge in [0.25, 0.3) is 0 Å². The molecule has 0 aliphatic carbocycles. The minimum Gasteiger partial charge on any atom is -0.468 e. The molecular weight excluding hydrogens is 254 g/mol. The number of carbonyl (C=O) groups excluding carboxylic acids is 1. The van der Waals surface area contributed by atoms with Crippen LogP contribution in [0.5, 0.6) is 0 Å². The van der Waals surface area contributed by atoms with E-state index in [1.54, 1.807) is 0 Å². The normalized spacial score (nSPS) is 20.6. The van der Waals surface area contributed by atoms with Crippen LogP contribution in [0.25, 0.3) is 0 Å². The SMILES string of the molecule is CCCN1CCN(CCCC(C)(NC)C(=O)OC)CC1. The zero-order chi connectivity index (χ0) is 15.0. The molecule has 1 rings (SSSR count). The van der Waals surface area contributed by atoms with Gasteiger partial charge < -0.3 is 19.9 Å². The molecule has 0 amide bonds. The van der Waals surface area contributed by atoms with E-state index in [0.717, 1.165) is 32.5 Å². The number of methoxy groups -OCH3 is 1. The predicted molar refractivity (Wildman–Crippen MR) is 81.9 cm³/mol. The topological polar surface area (TPSA) is 44.8 Å².